The molecule has 0 spiro atoms. The van der Waals surface area contributed by atoms with E-state index in [0.717, 1.165) is 6.54 Å². The SMILES string of the molecule is C=CC(=O)N1CCN(C2NC(=O)N3C4NC(C(Cl)CC42)C2C(F)CCCC2NC(=O)COC2CCNC(C(C)C)C23)[C@@H](C)[C@H]1C. The lowest BCUT2D eigenvalue weighted by Crippen LogP contribution is -2.81. The van der Waals surface area contributed by atoms with Crippen molar-refractivity contribution >= 4 is 29.4 Å². The van der Waals surface area contributed by atoms with Crippen molar-refractivity contribution in [3.63, 3.8) is 0 Å². The second-order valence-electron chi connectivity index (χ2n) is 14.4. The van der Waals surface area contributed by atoms with Gasteiger partial charge in [-0.05, 0) is 64.5 Å². The predicted molar refractivity (Wildman–Crippen MR) is 169 cm³/mol. The lowest BCUT2D eigenvalue weighted by Gasteiger charge is -2.60. The maximum Gasteiger partial charge on any atom is 0.320 e. The summed E-state index contributed by atoms with van der Waals surface area (Å²) >= 11 is 7.25. The minimum absolute atomic E-state index is 0.0405. The summed E-state index contributed by atoms with van der Waals surface area (Å²) in [5.74, 6) is -0.813. The zero-order chi connectivity index (χ0) is 32.2. The van der Waals surface area contributed by atoms with E-state index in [4.69, 9.17) is 16.3 Å². The van der Waals surface area contributed by atoms with Crippen LogP contribution in [0.1, 0.15) is 59.8 Å². The maximum atomic E-state index is 15.9. The highest BCUT2D eigenvalue weighted by Crippen LogP contribution is 2.42. The van der Waals surface area contributed by atoms with Gasteiger partial charge in [-0.3, -0.25) is 19.8 Å². The number of fused-ring (bicyclic) bond motifs is 5. The van der Waals surface area contributed by atoms with Gasteiger partial charge in [0.1, 0.15) is 12.8 Å². The van der Waals surface area contributed by atoms with E-state index in [2.05, 4.69) is 53.5 Å². The second-order valence-corrected chi connectivity index (χ2v) is 14.9. The minimum atomic E-state index is -1.13. The largest absolute Gasteiger partial charge is 0.366 e. The Hall–Kier alpha value is -1.99. The summed E-state index contributed by atoms with van der Waals surface area (Å²) in [5, 5.41) is 13.5. The normalized spacial score (nSPS) is 44.5. The van der Waals surface area contributed by atoms with E-state index in [-0.39, 0.29) is 78.8 Å². The summed E-state index contributed by atoms with van der Waals surface area (Å²) in [4.78, 5) is 46.3. The Morgan fingerprint density at radius 3 is 2.62 bits per heavy atom. The maximum absolute atomic E-state index is 15.9. The number of carbonyl (C=O) groups excluding carboxylic acids is 3. The van der Waals surface area contributed by atoms with Crippen LogP contribution in [0, 0.1) is 17.8 Å². The Morgan fingerprint density at radius 2 is 1.89 bits per heavy atom. The van der Waals surface area contributed by atoms with Gasteiger partial charge in [-0.15, -0.1) is 11.6 Å². The molecular weight excluding hydrogens is 601 g/mol. The van der Waals surface area contributed by atoms with Crippen molar-refractivity contribution in [1.82, 2.24) is 36.0 Å². The fraction of sp³-hybridized carbons (Fsp3) is 0.844. The van der Waals surface area contributed by atoms with Crippen LogP contribution in [-0.4, -0.2) is 125 Å². The van der Waals surface area contributed by atoms with Crippen molar-refractivity contribution in [1.29, 1.82) is 0 Å². The molecule has 0 aromatic carbocycles. The molecule has 5 heterocycles. The van der Waals surface area contributed by atoms with Crippen LogP contribution >= 0.6 is 11.6 Å². The molecule has 0 aromatic rings. The number of urea groups is 1. The number of amides is 4. The molecule has 6 rings (SSSR count). The molecule has 0 radical (unpaired) electrons. The molecule has 252 valence electrons. The molecule has 4 amide bonds. The average Bonchev–Trinajstić information content (AvgIpc) is 3.00. The summed E-state index contributed by atoms with van der Waals surface area (Å²) in [6.07, 6.45) is 2.09. The Morgan fingerprint density at radius 1 is 1.11 bits per heavy atom. The van der Waals surface area contributed by atoms with Crippen LogP contribution in [0.5, 0.6) is 0 Å². The van der Waals surface area contributed by atoms with Crippen molar-refractivity contribution in [3.8, 4) is 0 Å². The molecule has 0 aromatic heterocycles. The zero-order valence-corrected chi connectivity index (χ0v) is 27.7. The fourth-order valence-electron chi connectivity index (χ4n) is 9.30. The Kier molecular flexibility index (Phi) is 9.70. The molecule has 11 nitrogen and oxygen atoms in total. The van der Waals surface area contributed by atoms with E-state index in [9.17, 15) is 14.4 Å². The van der Waals surface area contributed by atoms with Crippen LogP contribution in [0.25, 0.3) is 0 Å². The van der Waals surface area contributed by atoms with E-state index >= 15 is 4.39 Å². The van der Waals surface area contributed by atoms with Gasteiger partial charge in [0.05, 0.1) is 24.5 Å². The number of ether oxygens (including phenoxy) is 1. The number of halogens is 2. The van der Waals surface area contributed by atoms with Gasteiger partial charge in [0.25, 0.3) is 0 Å². The number of carbonyl (C=O) groups is 3. The van der Waals surface area contributed by atoms with Gasteiger partial charge in [0.15, 0.2) is 0 Å². The first-order valence-corrected chi connectivity index (χ1v) is 17.4. The van der Waals surface area contributed by atoms with Gasteiger partial charge in [-0.2, -0.15) is 0 Å². The Labute approximate surface area is 271 Å². The summed E-state index contributed by atoms with van der Waals surface area (Å²) in [7, 11) is 0. The molecule has 4 N–H and O–H groups in total. The van der Waals surface area contributed by atoms with Crippen molar-refractivity contribution in [2.75, 3.05) is 26.2 Å². The molecule has 13 heteroatoms. The topological polar surface area (TPSA) is 118 Å². The van der Waals surface area contributed by atoms with Gasteiger partial charge < -0.3 is 30.5 Å². The average molecular weight is 652 g/mol. The highest BCUT2D eigenvalue weighted by atomic mass is 35.5. The van der Waals surface area contributed by atoms with Crippen molar-refractivity contribution in [3.05, 3.63) is 12.7 Å². The molecular formula is C32H51ClFN7O4. The number of rotatable bonds is 3. The van der Waals surface area contributed by atoms with Crippen LogP contribution < -0.4 is 21.3 Å². The number of nitrogens with zero attached hydrogens (tertiary/aromatic N) is 3. The van der Waals surface area contributed by atoms with Crippen LogP contribution in [0.4, 0.5) is 9.18 Å². The van der Waals surface area contributed by atoms with Crippen LogP contribution in [0.2, 0.25) is 0 Å². The van der Waals surface area contributed by atoms with E-state index in [1.807, 2.05) is 16.7 Å². The van der Waals surface area contributed by atoms with Crippen molar-refractivity contribution in [2.24, 2.45) is 17.8 Å². The van der Waals surface area contributed by atoms with Gasteiger partial charge in [-0.25, -0.2) is 9.18 Å². The molecule has 45 heavy (non-hydrogen) atoms. The summed E-state index contributed by atoms with van der Waals surface area (Å²) in [6.45, 7) is 13.8. The minimum Gasteiger partial charge on any atom is -0.366 e. The first-order valence-electron chi connectivity index (χ1n) is 17.0. The summed E-state index contributed by atoms with van der Waals surface area (Å²) in [6, 6.07) is -1.58. The van der Waals surface area contributed by atoms with Gasteiger partial charge in [-0.1, -0.05) is 20.4 Å². The lowest BCUT2D eigenvalue weighted by atomic mass is 9.72. The molecule has 5 aliphatic heterocycles. The number of piperazine rings is 1. The molecule has 6 fully saturated rings. The second kappa shape index (κ2) is 13.3. The standard InChI is InChI=1S/C32H51ClFN7O4/c1-6-25(43)39-12-13-40(18(5)17(39)4)30-19-14-20(33)28-26-21(34)8-7-9-22(26)36-24(42)15-45-23-10-11-35-27(16(2)3)29(23)41(31(19)37-28)32(44)38-30/h6,16-23,26-31,35,37H,1,7-15H2,2-5H3,(H,36,42)(H,38,44)/t17-,18+,19?,20?,21?,22?,23?,26?,27?,28?,29?,30?,31?/m1/s1. The molecule has 2 bridgehead atoms. The molecule has 1 aliphatic carbocycles. The Bertz CT molecular complexity index is 1150. The van der Waals surface area contributed by atoms with E-state index in [1.165, 1.54) is 6.08 Å². The van der Waals surface area contributed by atoms with E-state index in [1.54, 1.807) is 0 Å². The molecule has 6 aliphatic rings. The van der Waals surface area contributed by atoms with Crippen LogP contribution in [0.15, 0.2) is 12.7 Å². The van der Waals surface area contributed by atoms with Crippen molar-refractivity contribution in [2.45, 2.75) is 126 Å². The fourth-order valence-corrected chi connectivity index (χ4v) is 9.74. The molecule has 1 saturated carbocycles. The van der Waals surface area contributed by atoms with Gasteiger partial charge >= 0.3 is 6.03 Å². The predicted octanol–water partition coefficient (Wildman–Crippen LogP) is 1.76. The number of piperidine rings is 2. The van der Waals surface area contributed by atoms with Gasteiger partial charge in [0, 0.05) is 60.5 Å². The third-order valence-corrected chi connectivity index (χ3v) is 12.1. The monoisotopic (exact) mass is 651 g/mol. The molecule has 5 saturated heterocycles. The van der Waals surface area contributed by atoms with Gasteiger partial charge in [0.2, 0.25) is 11.8 Å². The first-order chi connectivity index (χ1) is 21.5. The first kappa shape index (κ1) is 32.9. The van der Waals surface area contributed by atoms with E-state index < -0.39 is 29.7 Å². The number of nitrogens with one attached hydrogen (secondary N) is 4. The Balaban J connectivity index is 1.40. The lowest BCUT2D eigenvalue weighted by molar-refractivity contribution is -0.142. The highest BCUT2D eigenvalue weighted by Gasteiger charge is 2.57. The number of hydrogen-bond donors (Lipinski definition) is 4. The van der Waals surface area contributed by atoms with Crippen LogP contribution in [0.3, 0.4) is 0 Å². The molecule has 13 atom stereocenters. The highest BCUT2D eigenvalue weighted by molar-refractivity contribution is 6.21. The smallest absolute Gasteiger partial charge is 0.320 e. The summed E-state index contributed by atoms with van der Waals surface area (Å²) < 4.78 is 22.3. The van der Waals surface area contributed by atoms with Crippen LogP contribution in [-0.2, 0) is 14.3 Å². The summed E-state index contributed by atoms with van der Waals surface area (Å²) in [5.41, 5.74) is 0. The zero-order valence-electron chi connectivity index (χ0n) is 27.0. The third kappa shape index (κ3) is 5.98. The van der Waals surface area contributed by atoms with Crippen molar-refractivity contribution < 1.29 is 23.5 Å². The van der Waals surface area contributed by atoms with E-state index in [0.29, 0.717) is 45.2 Å². The molecule has 11 unspecified atom stereocenters. The number of alkyl halides is 2. The quantitative estimate of drug-likeness (QED) is 0.271. The number of hydrogen-bond acceptors (Lipinski definition) is 7. The third-order valence-electron chi connectivity index (χ3n) is 11.7.